The highest BCUT2D eigenvalue weighted by molar-refractivity contribution is 5.94. The largest absolute Gasteiger partial charge is 0.439 e. The first-order chi connectivity index (χ1) is 17.6. The van der Waals surface area contributed by atoms with Gasteiger partial charge in [-0.1, -0.05) is 48.5 Å². The normalized spacial score (nSPS) is 15.1. The van der Waals surface area contributed by atoms with E-state index in [9.17, 15) is 9.18 Å². The van der Waals surface area contributed by atoms with Crippen molar-refractivity contribution in [3.63, 3.8) is 0 Å². The predicted octanol–water partition coefficient (Wildman–Crippen LogP) is 5.84. The molecule has 4 aromatic rings. The summed E-state index contributed by atoms with van der Waals surface area (Å²) >= 11 is 0. The molecule has 1 atom stereocenters. The summed E-state index contributed by atoms with van der Waals surface area (Å²) in [5.74, 6) is 0.564. The van der Waals surface area contributed by atoms with Crippen LogP contribution in [-0.4, -0.2) is 39.8 Å². The number of hydrogen-bond donors (Lipinski definition) is 0. The molecule has 0 aliphatic carbocycles. The molecule has 1 aliphatic rings. The molecule has 1 amide bonds. The molecule has 6 nitrogen and oxygen atoms in total. The van der Waals surface area contributed by atoms with Gasteiger partial charge in [-0.3, -0.25) is 4.79 Å². The van der Waals surface area contributed by atoms with Crippen molar-refractivity contribution in [2.24, 2.45) is 7.05 Å². The second-order valence-corrected chi connectivity index (χ2v) is 8.86. The molecule has 3 aromatic carbocycles. The summed E-state index contributed by atoms with van der Waals surface area (Å²) in [5.41, 5.74) is 3.03. The molecule has 7 heteroatoms. The number of hydrogen-bond acceptors (Lipinski definition) is 4. The van der Waals surface area contributed by atoms with Crippen LogP contribution in [0.15, 0.2) is 84.9 Å². The number of halogens is 1. The zero-order valence-corrected chi connectivity index (χ0v) is 20.1. The molecule has 5 rings (SSSR count). The van der Waals surface area contributed by atoms with Crippen molar-refractivity contribution in [2.45, 2.75) is 25.5 Å². The minimum Gasteiger partial charge on any atom is -0.439 e. The van der Waals surface area contributed by atoms with Crippen molar-refractivity contribution in [1.82, 2.24) is 14.7 Å². The van der Waals surface area contributed by atoms with Crippen LogP contribution >= 0.6 is 0 Å². The lowest BCUT2D eigenvalue weighted by Crippen LogP contribution is -2.37. The maximum absolute atomic E-state index is 13.7. The summed E-state index contributed by atoms with van der Waals surface area (Å²) < 4.78 is 27.3. The van der Waals surface area contributed by atoms with Crippen LogP contribution in [0.25, 0.3) is 11.3 Å². The number of aryl methyl sites for hydroxylation is 1. The number of amides is 1. The van der Waals surface area contributed by atoms with Crippen LogP contribution in [0.4, 0.5) is 4.39 Å². The molecule has 0 spiro atoms. The third-order valence-corrected chi connectivity index (χ3v) is 6.27. The summed E-state index contributed by atoms with van der Waals surface area (Å²) in [7, 11) is 1.80. The third kappa shape index (κ3) is 5.31. The molecular formula is C29H28FN3O3. The van der Waals surface area contributed by atoms with Crippen LogP contribution in [0, 0.1) is 5.82 Å². The fourth-order valence-corrected chi connectivity index (χ4v) is 4.47. The molecule has 0 N–H and O–H groups in total. The van der Waals surface area contributed by atoms with Gasteiger partial charge in [-0.25, -0.2) is 9.07 Å². The van der Waals surface area contributed by atoms with Crippen LogP contribution in [0.5, 0.6) is 11.6 Å². The summed E-state index contributed by atoms with van der Waals surface area (Å²) in [6.45, 7) is 1.45. The van der Waals surface area contributed by atoms with Crippen LogP contribution in [0.3, 0.4) is 0 Å². The van der Waals surface area contributed by atoms with Gasteiger partial charge >= 0.3 is 0 Å². The molecule has 2 heterocycles. The zero-order valence-electron chi connectivity index (χ0n) is 20.1. The molecule has 0 unspecified atom stereocenters. The van der Waals surface area contributed by atoms with Crippen LogP contribution < -0.4 is 4.74 Å². The molecule has 1 aromatic heterocycles. The second-order valence-electron chi connectivity index (χ2n) is 8.86. The number of benzene rings is 3. The Morgan fingerprint density at radius 1 is 1.06 bits per heavy atom. The highest BCUT2D eigenvalue weighted by Gasteiger charge is 2.28. The first-order valence-electron chi connectivity index (χ1n) is 12.1. The average molecular weight is 486 g/mol. The average Bonchev–Trinajstić information content (AvgIpc) is 3.54. The van der Waals surface area contributed by atoms with Gasteiger partial charge in [0.25, 0.3) is 5.91 Å². The highest BCUT2D eigenvalue weighted by atomic mass is 19.1. The molecule has 1 aliphatic heterocycles. The standard InChI is InChI=1S/C29H28FN3O3/c1-32-29(36-24-16-14-23(30)15-17-24)26(27(31-32)21-9-4-2-5-10-21)20-33(19-25-13-8-18-35-25)28(34)22-11-6-3-7-12-22/h2-7,9-12,14-17,25H,8,13,18-20H2,1H3/t25-/m0/s1. The van der Waals surface area contributed by atoms with Gasteiger partial charge in [0.2, 0.25) is 5.88 Å². The summed E-state index contributed by atoms with van der Waals surface area (Å²) in [4.78, 5) is 15.5. The molecule has 0 saturated carbocycles. The number of ether oxygens (including phenoxy) is 2. The second kappa shape index (κ2) is 10.7. The van der Waals surface area contributed by atoms with Gasteiger partial charge in [-0.2, -0.15) is 5.10 Å². The molecule has 36 heavy (non-hydrogen) atoms. The van der Waals surface area contributed by atoms with E-state index in [2.05, 4.69) is 0 Å². The first-order valence-corrected chi connectivity index (χ1v) is 12.1. The van der Waals surface area contributed by atoms with Gasteiger partial charge < -0.3 is 14.4 Å². The number of aromatic nitrogens is 2. The van der Waals surface area contributed by atoms with Gasteiger partial charge in [0.15, 0.2) is 0 Å². The van der Waals surface area contributed by atoms with Crippen molar-refractivity contribution in [3.8, 4) is 22.9 Å². The van der Waals surface area contributed by atoms with Crippen LogP contribution in [-0.2, 0) is 18.3 Å². The maximum atomic E-state index is 13.7. The quantitative estimate of drug-likeness (QED) is 0.315. The van der Waals surface area contributed by atoms with E-state index in [4.69, 9.17) is 14.6 Å². The van der Waals surface area contributed by atoms with Gasteiger partial charge in [0.05, 0.1) is 18.2 Å². The van der Waals surface area contributed by atoms with E-state index in [1.165, 1.54) is 12.1 Å². The molecular weight excluding hydrogens is 457 g/mol. The maximum Gasteiger partial charge on any atom is 0.254 e. The third-order valence-electron chi connectivity index (χ3n) is 6.27. The Morgan fingerprint density at radius 2 is 1.75 bits per heavy atom. The Hall–Kier alpha value is -3.97. The topological polar surface area (TPSA) is 56.6 Å². The molecule has 0 radical (unpaired) electrons. The lowest BCUT2D eigenvalue weighted by atomic mass is 10.1. The number of carbonyl (C=O) groups excluding carboxylic acids is 1. The number of carbonyl (C=O) groups is 1. The molecule has 1 fully saturated rings. The number of rotatable bonds is 8. The van der Waals surface area contributed by atoms with E-state index in [1.807, 2.05) is 65.6 Å². The zero-order chi connectivity index (χ0) is 24.9. The van der Waals surface area contributed by atoms with Crippen molar-refractivity contribution in [2.75, 3.05) is 13.2 Å². The minimum absolute atomic E-state index is 0.0176. The van der Waals surface area contributed by atoms with Crippen molar-refractivity contribution >= 4 is 5.91 Å². The monoisotopic (exact) mass is 485 g/mol. The van der Waals surface area contributed by atoms with E-state index in [-0.39, 0.29) is 24.4 Å². The van der Waals surface area contributed by atoms with E-state index in [0.29, 0.717) is 30.3 Å². The van der Waals surface area contributed by atoms with Crippen LogP contribution in [0.1, 0.15) is 28.8 Å². The van der Waals surface area contributed by atoms with E-state index in [1.54, 1.807) is 23.9 Å². The van der Waals surface area contributed by atoms with E-state index >= 15 is 0 Å². The fourth-order valence-electron chi connectivity index (χ4n) is 4.47. The van der Waals surface area contributed by atoms with Gasteiger partial charge in [-0.15, -0.1) is 0 Å². The Morgan fingerprint density at radius 3 is 2.42 bits per heavy atom. The molecule has 1 saturated heterocycles. The smallest absolute Gasteiger partial charge is 0.254 e. The van der Waals surface area contributed by atoms with Gasteiger partial charge in [0, 0.05) is 31.3 Å². The van der Waals surface area contributed by atoms with E-state index in [0.717, 1.165) is 29.7 Å². The Kier molecular flexibility index (Phi) is 7.09. The minimum atomic E-state index is -0.339. The molecule has 184 valence electrons. The van der Waals surface area contributed by atoms with Crippen molar-refractivity contribution < 1.29 is 18.7 Å². The fraction of sp³-hybridized carbons (Fsp3) is 0.241. The lowest BCUT2D eigenvalue weighted by molar-refractivity contribution is 0.0506. The SMILES string of the molecule is Cn1nc(-c2ccccc2)c(CN(C[C@@H]2CCCO2)C(=O)c2ccccc2)c1Oc1ccc(F)cc1. The lowest BCUT2D eigenvalue weighted by Gasteiger charge is -2.26. The molecule has 0 bridgehead atoms. The summed E-state index contributed by atoms with van der Waals surface area (Å²) in [5, 5.41) is 4.76. The van der Waals surface area contributed by atoms with Gasteiger partial charge in [0.1, 0.15) is 17.3 Å². The Balaban J connectivity index is 1.55. The Bertz CT molecular complexity index is 1300. The van der Waals surface area contributed by atoms with Gasteiger partial charge in [-0.05, 0) is 49.2 Å². The van der Waals surface area contributed by atoms with Crippen LogP contribution in [0.2, 0.25) is 0 Å². The van der Waals surface area contributed by atoms with Crippen molar-refractivity contribution in [1.29, 1.82) is 0 Å². The van der Waals surface area contributed by atoms with E-state index < -0.39 is 0 Å². The van der Waals surface area contributed by atoms with Crippen molar-refractivity contribution in [3.05, 3.63) is 102 Å². The Labute approximate surface area is 209 Å². The first kappa shape index (κ1) is 23.8. The summed E-state index contributed by atoms with van der Waals surface area (Å²) in [6.07, 6.45) is 1.88. The number of nitrogens with zero attached hydrogens (tertiary/aromatic N) is 3. The summed E-state index contributed by atoms with van der Waals surface area (Å²) in [6, 6.07) is 24.9. The predicted molar refractivity (Wildman–Crippen MR) is 135 cm³/mol. The highest BCUT2D eigenvalue weighted by Crippen LogP contribution is 2.35.